The van der Waals surface area contributed by atoms with Crippen LogP contribution in [0.1, 0.15) is 73.7 Å². The van der Waals surface area contributed by atoms with Crippen molar-refractivity contribution in [1.29, 1.82) is 0 Å². The summed E-state index contributed by atoms with van der Waals surface area (Å²) in [5.41, 5.74) is 3.04. The van der Waals surface area contributed by atoms with E-state index in [-0.39, 0.29) is 24.1 Å². The summed E-state index contributed by atoms with van der Waals surface area (Å²) in [4.78, 5) is 41.6. The molecule has 2 heterocycles. The lowest BCUT2D eigenvalue weighted by Gasteiger charge is -2.57. The molecule has 38 heavy (non-hydrogen) atoms. The third kappa shape index (κ3) is 4.06. The Morgan fingerprint density at radius 1 is 1.03 bits per heavy atom. The van der Waals surface area contributed by atoms with Crippen LogP contribution in [0, 0.1) is 17.8 Å². The Kier molecular flexibility index (Phi) is 5.85. The number of nitrogens with one attached hydrogen (secondary N) is 2. The lowest BCUT2D eigenvalue weighted by molar-refractivity contribution is -0.134. The van der Waals surface area contributed by atoms with Crippen LogP contribution in [0.5, 0.6) is 0 Å². The molecule has 200 valence electrons. The SMILES string of the molecule is CN(CCCNC12CC3CC(CC(C3)C1)C2)Cc1ccc2c3c(cccc13)C(=O)N2C1CCC(=O)NC1=O. The first kappa shape index (κ1) is 24.3. The molecule has 8 rings (SSSR count). The number of nitrogens with zero attached hydrogens (tertiary/aromatic N) is 2. The molecule has 4 bridgehead atoms. The minimum Gasteiger partial charge on any atom is -0.311 e. The maximum atomic E-state index is 13.4. The molecule has 2 aromatic rings. The normalized spacial score (nSPS) is 31.6. The number of carbonyl (C=O) groups is 3. The van der Waals surface area contributed by atoms with Crippen molar-refractivity contribution in [3.8, 4) is 0 Å². The minimum absolute atomic E-state index is 0.152. The van der Waals surface area contributed by atoms with Crippen LogP contribution in [0.4, 0.5) is 5.69 Å². The Morgan fingerprint density at radius 2 is 1.76 bits per heavy atom. The molecule has 2 aromatic carbocycles. The zero-order chi connectivity index (χ0) is 26.0. The molecule has 4 aliphatic carbocycles. The van der Waals surface area contributed by atoms with Crippen molar-refractivity contribution in [3.05, 3.63) is 41.5 Å². The highest BCUT2D eigenvalue weighted by Gasteiger charge is 2.50. The van der Waals surface area contributed by atoms with E-state index in [0.717, 1.165) is 60.3 Å². The Balaban J connectivity index is 1.02. The number of amides is 3. The molecule has 3 amide bonds. The van der Waals surface area contributed by atoms with E-state index in [9.17, 15) is 14.4 Å². The number of hydrogen-bond donors (Lipinski definition) is 2. The van der Waals surface area contributed by atoms with E-state index in [0.29, 0.717) is 17.5 Å². The zero-order valence-corrected chi connectivity index (χ0v) is 22.3. The second-order valence-corrected chi connectivity index (χ2v) is 12.8. The quantitative estimate of drug-likeness (QED) is 0.411. The molecule has 2 aliphatic heterocycles. The van der Waals surface area contributed by atoms with Gasteiger partial charge in [0.2, 0.25) is 11.8 Å². The van der Waals surface area contributed by atoms with E-state index in [1.807, 2.05) is 18.2 Å². The van der Waals surface area contributed by atoms with Crippen molar-refractivity contribution in [2.75, 3.05) is 25.0 Å². The maximum absolute atomic E-state index is 13.4. The molecule has 5 fully saturated rings. The molecule has 2 N–H and O–H groups in total. The fourth-order valence-corrected chi connectivity index (χ4v) is 8.84. The van der Waals surface area contributed by atoms with Gasteiger partial charge >= 0.3 is 0 Å². The van der Waals surface area contributed by atoms with E-state index >= 15 is 0 Å². The largest absolute Gasteiger partial charge is 0.311 e. The first-order valence-corrected chi connectivity index (χ1v) is 14.5. The molecule has 7 nitrogen and oxygen atoms in total. The summed E-state index contributed by atoms with van der Waals surface area (Å²) < 4.78 is 0. The molecule has 4 saturated carbocycles. The Hall–Kier alpha value is -2.77. The fraction of sp³-hybridized carbons (Fsp3) is 0.581. The van der Waals surface area contributed by atoms with E-state index in [1.165, 1.54) is 44.1 Å². The lowest BCUT2D eigenvalue weighted by Crippen LogP contribution is -2.58. The Morgan fingerprint density at radius 3 is 2.47 bits per heavy atom. The average molecular weight is 515 g/mol. The average Bonchev–Trinajstić information content (AvgIpc) is 3.15. The summed E-state index contributed by atoms with van der Waals surface area (Å²) in [6, 6.07) is 9.31. The molecule has 0 spiro atoms. The molecule has 1 atom stereocenters. The van der Waals surface area contributed by atoms with Crippen LogP contribution in [0.25, 0.3) is 10.8 Å². The predicted molar refractivity (Wildman–Crippen MR) is 147 cm³/mol. The summed E-state index contributed by atoms with van der Waals surface area (Å²) in [6.45, 7) is 2.91. The molecule has 0 radical (unpaired) electrons. The van der Waals surface area contributed by atoms with Gasteiger partial charge in [-0.3, -0.25) is 24.6 Å². The third-order valence-corrected chi connectivity index (χ3v) is 10.0. The monoisotopic (exact) mass is 514 g/mol. The van der Waals surface area contributed by atoms with Crippen LogP contribution < -0.4 is 15.5 Å². The van der Waals surface area contributed by atoms with Gasteiger partial charge in [-0.15, -0.1) is 0 Å². The van der Waals surface area contributed by atoms with E-state index < -0.39 is 6.04 Å². The second kappa shape index (κ2) is 9.16. The summed E-state index contributed by atoms with van der Waals surface area (Å²) >= 11 is 0. The summed E-state index contributed by atoms with van der Waals surface area (Å²) in [7, 11) is 2.18. The van der Waals surface area contributed by atoms with Crippen LogP contribution in [0.15, 0.2) is 30.3 Å². The van der Waals surface area contributed by atoms with Crippen LogP contribution in [-0.2, 0) is 16.1 Å². The van der Waals surface area contributed by atoms with Crippen LogP contribution in [0.2, 0.25) is 0 Å². The van der Waals surface area contributed by atoms with Gasteiger partial charge < -0.3 is 10.2 Å². The highest BCUT2D eigenvalue weighted by Crippen LogP contribution is 2.55. The molecule has 7 heteroatoms. The number of anilines is 1. The number of rotatable bonds is 8. The van der Waals surface area contributed by atoms with Gasteiger partial charge in [-0.05, 0) is 112 Å². The number of benzene rings is 2. The Bertz CT molecular complexity index is 1280. The van der Waals surface area contributed by atoms with E-state index in [4.69, 9.17) is 0 Å². The van der Waals surface area contributed by atoms with Gasteiger partial charge in [0.25, 0.3) is 5.91 Å². The summed E-state index contributed by atoms with van der Waals surface area (Å²) in [5.74, 6) is 2.10. The van der Waals surface area contributed by atoms with E-state index in [1.54, 1.807) is 4.90 Å². The number of hydrogen-bond acceptors (Lipinski definition) is 5. The number of piperidine rings is 1. The summed E-state index contributed by atoms with van der Waals surface area (Å²) in [5, 5.41) is 8.42. The van der Waals surface area contributed by atoms with Crippen molar-refractivity contribution in [1.82, 2.24) is 15.5 Å². The lowest BCUT2D eigenvalue weighted by atomic mass is 9.53. The van der Waals surface area contributed by atoms with Gasteiger partial charge in [-0.2, -0.15) is 0 Å². The number of carbonyl (C=O) groups excluding carboxylic acids is 3. The van der Waals surface area contributed by atoms with Gasteiger partial charge in [0, 0.05) is 29.5 Å². The van der Waals surface area contributed by atoms with Crippen molar-refractivity contribution < 1.29 is 14.4 Å². The standard InChI is InChI=1S/C31H38N4O3/c1-34(11-3-10-32-31-15-19-12-20(16-31)14-21(13-19)17-31)18-22-6-7-25-28-23(22)4-2-5-24(28)30(38)35(25)26-8-9-27(36)33-29(26)37/h2,4-7,19-21,26,32H,3,8-18H2,1H3,(H,33,36,37). The summed E-state index contributed by atoms with van der Waals surface area (Å²) in [6.07, 6.45) is 10.4. The van der Waals surface area contributed by atoms with Crippen molar-refractivity contribution in [3.63, 3.8) is 0 Å². The molecular weight excluding hydrogens is 476 g/mol. The van der Waals surface area contributed by atoms with Gasteiger partial charge in [0.05, 0.1) is 5.69 Å². The fourth-order valence-electron chi connectivity index (χ4n) is 8.84. The second-order valence-electron chi connectivity index (χ2n) is 12.8. The smallest absolute Gasteiger partial charge is 0.259 e. The van der Waals surface area contributed by atoms with Crippen LogP contribution in [-0.4, -0.2) is 54.3 Å². The van der Waals surface area contributed by atoms with Gasteiger partial charge in [-0.1, -0.05) is 18.2 Å². The molecule has 6 aliphatic rings. The third-order valence-electron chi connectivity index (χ3n) is 10.0. The van der Waals surface area contributed by atoms with Gasteiger partial charge in [0.1, 0.15) is 6.04 Å². The van der Waals surface area contributed by atoms with Crippen molar-refractivity contribution in [2.24, 2.45) is 17.8 Å². The van der Waals surface area contributed by atoms with Gasteiger partial charge in [-0.25, -0.2) is 0 Å². The first-order valence-electron chi connectivity index (χ1n) is 14.5. The van der Waals surface area contributed by atoms with Crippen LogP contribution in [0.3, 0.4) is 0 Å². The van der Waals surface area contributed by atoms with Gasteiger partial charge in [0.15, 0.2) is 0 Å². The number of imide groups is 1. The van der Waals surface area contributed by atoms with Crippen LogP contribution >= 0.6 is 0 Å². The molecule has 0 aromatic heterocycles. The first-order chi connectivity index (χ1) is 18.4. The molecular formula is C31H38N4O3. The predicted octanol–water partition coefficient (Wildman–Crippen LogP) is 3.99. The Labute approximate surface area is 224 Å². The molecule has 1 unspecified atom stereocenters. The minimum atomic E-state index is -0.647. The maximum Gasteiger partial charge on any atom is 0.259 e. The zero-order valence-electron chi connectivity index (χ0n) is 22.3. The highest BCUT2D eigenvalue weighted by molar-refractivity contribution is 6.27. The van der Waals surface area contributed by atoms with Crippen molar-refractivity contribution in [2.45, 2.75) is 75.9 Å². The van der Waals surface area contributed by atoms with E-state index in [2.05, 4.69) is 34.7 Å². The van der Waals surface area contributed by atoms with Crippen molar-refractivity contribution >= 4 is 34.2 Å². The molecule has 1 saturated heterocycles. The topological polar surface area (TPSA) is 81.8 Å². The highest BCUT2D eigenvalue weighted by atomic mass is 16.2.